The lowest BCUT2D eigenvalue weighted by atomic mass is 9.74. The van der Waals surface area contributed by atoms with Crippen LogP contribution in [-0.4, -0.2) is 25.8 Å². The fraction of sp³-hybridized carbons (Fsp3) is 0.667. The van der Waals surface area contributed by atoms with Crippen molar-refractivity contribution < 1.29 is 17.6 Å². The van der Waals surface area contributed by atoms with Crippen LogP contribution in [0.2, 0.25) is 0 Å². The molecule has 2 rings (SSSR count). The molecular formula is C15H23NO4S. The normalized spacial score (nSPS) is 22.4. The summed E-state index contributed by atoms with van der Waals surface area (Å²) in [5.74, 6) is 1.25. The van der Waals surface area contributed by atoms with Crippen LogP contribution in [0, 0.1) is 12.3 Å². The van der Waals surface area contributed by atoms with Crippen molar-refractivity contribution in [2.75, 3.05) is 6.26 Å². The van der Waals surface area contributed by atoms with Crippen LogP contribution in [0.15, 0.2) is 10.5 Å². The lowest BCUT2D eigenvalue weighted by Crippen LogP contribution is -2.42. The van der Waals surface area contributed by atoms with Gasteiger partial charge in [-0.15, -0.1) is 0 Å². The summed E-state index contributed by atoms with van der Waals surface area (Å²) in [4.78, 5) is 12.2. The molecule has 1 amide bonds. The van der Waals surface area contributed by atoms with Crippen LogP contribution in [0.25, 0.3) is 0 Å². The summed E-state index contributed by atoms with van der Waals surface area (Å²) < 4.78 is 28.7. The van der Waals surface area contributed by atoms with Crippen LogP contribution in [0.4, 0.5) is 0 Å². The highest BCUT2D eigenvalue weighted by Crippen LogP contribution is 2.42. The highest BCUT2D eigenvalue weighted by molar-refractivity contribution is 7.92. The second-order valence-corrected chi connectivity index (χ2v) is 9.18. The molecule has 0 saturated carbocycles. The summed E-state index contributed by atoms with van der Waals surface area (Å²) in [6.45, 7) is 7.53. The molecule has 1 aromatic rings. The Morgan fingerprint density at radius 1 is 1.48 bits per heavy atom. The maximum absolute atomic E-state index is 12.2. The molecule has 0 spiro atoms. The molecule has 0 bridgehead atoms. The summed E-state index contributed by atoms with van der Waals surface area (Å²) in [5.41, 5.74) is 0.977. The first-order chi connectivity index (χ1) is 9.49. The third-order valence-electron chi connectivity index (χ3n) is 4.06. The van der Waals surface area contributed by atoms with Gasteiger partial charge in [0.1, 0.15) is 16.8 Å². The van der Waals surface area contributed by atoms with E-state index in [9.17, 15) is 13.2 Å². The minimum absolute atomic E-state index is 0.00354. The Bertz CT molecular complexity index is 657. The number of furan rings is 1. The summed E-state index contributed by atoms with van der Waals surface area (Å²) >= 11 is 0. The molecule has 1 aliphatic rings. The minimum Gasteiger partial charge on any atom is -0.466 e. The Kier molecular flexibility index (Phi) is 3.95. The van der Waals surface area contributed by atoms with Gasteiger partial charge in [0.25, 0.3) is 0 Å². The van der Waals surface area contributed by atoms with Gasteiger partial charge < -0.3 is 9.73 Å². The molecule has 0 aliphatic heterocycles. The fourth-order valence-corrected chi connectivity index (χ4v) is 3.25. The highest BCUT2D eigenvalue weighted by atomic mass is 32.2. The molecule has 0 radical (unpaired) electrons. The Hall–Kier alpha value is -1.30. The van der Waals surface area contributed by atoms with E-state index < -0.39 is 21.0 Å². The summed E-state index contributed by atoms with van der Waals surface area (Å²) in [6, 6.07) is 1.73. The molecule has 21 heavy (non-hydrogen) atoms. The van der Waals surface area contributed by atoms with Gasteiger partial charge in [-0.3, -0.25) is 4.79 Å². The zero-order valence-electron chi connectivity index (χ0n) is 13.2. The molecule has 1 heterocycles. The second kappa shape index (κ2) is 5.16. The van der Waals surface area contributed by atoms with E-state index in [-0.39, 0.29) is 11.5 Å². The first-order valence-electron chi connectivity index (χ1n) is 7.08. The van der Waals surface area contributed by atoms with Gasteiger partial charge in [-0.2, -0.15) is 0 Å². The zero-order valence-corrected chi connectivity index (χ0v) is 14.0. The number of nitrogens with one attached hydrogen (secondary N) is 1. The van der Waals surface area contributed by atoms with E-state index in [2.05, 4.69) is 19.2 Å². The van der Waals surface area contributed by atoms with Crippen molar-refractivity contribution >= 4 is 15.7 Å². The van der Waals surface area contributed by atoms with Gasteiger partial charge in [0.15, 0.2) is 9.84 Å². The van der Waals surface area contributed by atoms with Gasteiger partial charge in [-0.25, -0.2) is 8.42 Å². The first-order valence-corrected chi connectivity index (χ1v) is 9.03. The number of fused-ring (bicyclic) bond motifs is 1. The summed E-state index contributed by atoms with van der Waals surface area (Å²) in [6.07, 6.45) is 2.67. The fourth-order valence-electron chi connectivity index (χ4n) is 2.80. The van der Waals surface area contributed by atoms with Gasteiger partial charge in [-0.1, -0.05) is 13.8 Å². The van der Waals surface area contributed by atoms with Crippen molar-refractivity contribution in [1.82, 2.24) is 5.32 Å². The van der Waals surface area contributed by atoms with E-state index in [1.165, 1.54) is 6.92 Å². The number of rotatable bonds is 3. The van der Waals surface area contributed by atoms with E-state index in [1.807, 2.05) is 13.0 Å². The van der Waals surface area contributed by atoms with Crippen LogP contribution < -0.4 is 5.32 Å². The quantitative estimate of drug-likeness (QED) is 0.927. The molecule has 1 N–H and O–H groups in total. The molecule has 6 heteroatoms. The van der Waals surface area contributed by atoms with Gasteiger partial charge in [0.05, 0.1) is 6.04 Å². The number of amides is 1. The standard InChI is InChI=1S/C15H23NO4S/c1-9-6-11-12(7-15(3,4)8-13(11)20-9)16-14(17)10(2)21(5,18)19/h6,10,12H,7-8H2,1-5H3,(H,16,17)/t10-,12-/m0/s1. The number of aryl methyl sites for hydroxylation is 1. The smallest absolute Gasteiger partial charge is 0.238 e. The number of hydrogen-bond donors (Lipinski definition) is 1. The average molecular weight is 313 g/mol. The third kappa shape index (κ3) is 3.48. The monoisotopic (exact) mass is 313 g/mol. The largest absolute Gasteiger partial charge is 0.466 e. The van der Waals surface area contributed by atoms with Gasteiger partial charge >= 0.3 is 0 Å². The van der Waals surface area contributed by atoms with Crippen molar-refractivity contribution in [3.63, 3.8) is 0 Å². The molecule has 2 atom stereocenters. The molecule has 0 unspecified atom stereocenters. The van der Waals surface area contributed by atoms with Gasteiger partial charge in [0.2, 0.25) is 5.91 Å². The van der Waals surface area contributed by atoms with Crippen LogP contribution in [-0.2, 0) is 21.1 Å². The highest BCUT2D eigenvalue weighted by Gasteiger charge is 2.37. The Morgan fingerprint density at radius 2 is 2.10 bits per heavy atom. The molecule has 0 fully saturated rings. The molecule has 1 aromatic heterocycles. The molecular weight excluding hydrogens is 290 g/mol. The SMILES string of the molecule is Cc1cc2c(o1)CC(C)(C)C[C@@H]2NC(=O)[C@H](C)S(C)(=O)=O. The summed E-state index contributed by atoms with van der Waals surface area (Å²) in [7, 11) is -3.39. The van der Waals surface area contributed by atoms with E-state index in [4.69, 9.17) is 4.42 Å². The summed E-state index contributed by atoms with van der Waals surface area (Å²) in [5, 5.41) is 1.83. The van der Waals surface area contributed by atoms with E-state index >= 15 is 0 Å². The maximum Gasteiger partial charge on any atom is 0.238 e. The third-order valence-corrected chi connectivity index (χ3v) is 5.56. The molecule has 0 aromatic carbocycles. The van der Waals surface area contributed by atoms with Crippen LogP contribution in [0.5, 0.6) is 0 Å². The van der Waals surface area contributed by atoms with Crippen LogP contribution >= 0.6 is 0 Å². The predicted octanol–water partition coefficient (Wildman–Crippen LogP) is 2.15. The lowest BCUT2D eigenvalue weighted by molar-refractivity contribution is -0.121. The number of hydrogen-bond acceptors (Lipinski definition) is 4. The average Bonchev–Trinajstić information content (AvgIpc) is 2.65. The van der Waals surface area contributed by atoms with Crippen LogP contribution in [0.1, 0.15) is 50.3 Å². The Labute approximate surface area is 126 Å². The zero-order chi connectivity index (χ0) is 16.0. The molecule has 5 nitrogen and oxygen atoms in total. The van der Waals surface area contributed by atoms with Crippen molar-refractivity contribution in [3.8, 4) is 0 Å². The lowest BCUT2D eigenvalue weighted by Gasteiger charge is -2.35. The number of carbonyl (C=O) groups excluding carboxylic acids is 1. The molecule has 118 valence electrons. The van der Waals surface area contributed by atoms with Crippen molar-refractivity contribution in [2.45, 2.75) is 51.8 Å². The molecule has 1 aliphatic carbocycles. The Morgan fingerprint density at radius 3 is 2.67 bits per heavy atom. The van der Waals surface area contributed by atoms with E-state index in [1.54, 1.807) is 0 Å². The van der Waals surface area contributed by atoms with Gasteiger partial charge in [0, 0.05) is 18.2 Å². The topological polar surface area (TPSA) is 76.4 Å². The minimum atomic E-state index is -3.39. The van der Waals surface area contributed by atoms with Crippen molar-refractivity contribution in [2.24, 2.45) is 5.41 Å². The number of carbonyl (C=O) groups is 1. The maximum atomic E-state index is 12.2. The Balaban J connectivity index is 2.26. The van der Waals surface area contributed by atoms with Crippen LogP contribution in [0.3, 0.4) is 0 Å². The first kappa shape index (κ1) is 16.1. The van der Waals surface area contributed by atoms with Crippen molar-refractivity contribution in [1.29, 1.82) is 0 Å². The van der Waals surface area contributed by atoms with E-state index in [0.717, 1.165) is 36.2 Å². The second-order valence-electron chi connectivity index (χ2n) is 6.81. The molecule has 0 saturated heterocycles. The predicted molar refractivity (Wildman–Crippen MR) is 80.7 cm³/mol. The number of sulfone groups is 1. The van der Waals surface area contributed by atoms with E-state index in [0.29, 0.717) is 0 Å². The van der Waals surface area contributed by atoms with Crippen molar-refractivity contribution in [3.05, 3.63) is 23.2 Å². The van der Waals surface area contributed by atoms with Gasteiger partial charge in [-0.05, 0) is 31.7 Å².